The van der Waals surface area contributed by atoms with Crippen molar-refractivity contribution in [3.63, 3.8) is 0 Å². The highest BCUT2D eigenvalue weighted by Gasteiger charge is 2.15. The summed E-state index contributed by atoms with van der Waals surface area (Å²) in [5, 5.41) is 28.2. The van der Waals surface area contributed by atoms with E-state index in [4.69, 9.17) is 5.11 Å². The van der Waals surface area contributed by atoms with Gasteiger partial charge in [-0.05, 0) is 26.2 Å². The first-order valence-electron chi connectivity index (χ1n) is 10.7. The molecule has 0 aromatic carbocycles. The topological polar surface area (TPSA) is 87.0 Å². The smallest absolute Gasteiger partial charge is 0.308 e. The molecule has 3 unspecified atom stereocenters. The highest BCUT2D eigenvalue weighted by molar-refractivity contribution is 5.69. The standard InChI is InChI=1S/C21H42O5/c1-3-4-5-12-15-19(23)16-13-10-8-6-7-9-11-14-17-20(24)26-21(25)18(2)22/h18-19,21-23,25H,3-17H2,1-2H3. The van der Waals surface area contributed by atoms with Crippen molar-refractivity contribution in [2.75, 3.05) is 0 Å². The van der Waals surface area contributed by atoms with Crippen LogP contribution in [0.15, 0.2) is 0 Å². The Morgan fingerprint density at radius 2 is 1.23 bits per heavy atom. The quantitative estimate of drug-likeness (QED) is 0.187. The van der Waals surface area contributed by atoms with Gasteiger partial charge in [0, 0.05) is 6.42 Å². The largest absolute Gasteiger partial charge is 0.433 e. The van der Waals surface area contributed by atoms with Gasteiger partial charge >= 0.3 is 5.97 Å². The Hall–Kier alpha value is -0.650. The van der Waals surface area contributed by atoms with E-state index >= 15 is 0 Å². The monoisotopic (exact) mass is 374 g/mol. The van der Waals surface area contributed by atoms with E-state index in [1.165, 1.54) is 51.9 Å². The van der Waals surface area contributed by atoms with Crippen LogP contribution in [0.2, 0.25) is 0 Å². The van der Waals surface area contributed by atoms with Crippen molar-refractivity contribution in [2.24, 2.45) is 0 Å². The molecule has 0 aromatic rings. The maximum atomic E-state index is 11.4. The van der Waals surface area contributed by atoms with E-state index in [9.17, 15) is 15.0 Å². The fourth-order valence-electron chi connectivity index (χ4n) is 2.95. The van der Waals surface area contributed by atoms with Gasteiger partial charge < -0.3 is 20.1 Å². The first kappa shape index (κ1) is 25.4. The Kier molecular flexibility index (Phi) is 17.3. The number of aliphatic hydroxyl groups excluding tert-OH is 3. The number of ether oxygens (including phenoxy) is 1. The van der Waals surface area contributed by atoms with Crippen molar-refractivity contribution < 1.29 is 24.9 Å². The molecule has 0 saturated heterocycles. The SMILES string of the molecule is CCCCCCC(O)CCCCCCCCCCC(=O)OC(O)C(C)O. The van der Waals surface area contributed by atoms with Crippen LogP contribution in [0, 0.1) is 0 Å². The average molecular weight is 375 g/mol. The zero-order valence-electron chi connectivity index (χ0n) is 17.0. The summed E-state index contributed by atoms with van der Waals surface area (Å²) in [7, 11) is 0. The van der Waals surface area contributed by atoms with Gasteiger partial charge in [0.2, 0.25) is 6.29 Å². The minimum atomic E-state index is -1.42. The third-order valence-corrected chi connectivity index (χ3v) is 4.72. The van der Waals surface area contributed by atoms with Crippen molar-refractivity contribution in [3.8, 4) is 0 Å². The van der Waals surface area contributed by atoms with E-state index in [1.807, 2.05) is 0 Å². The van der Waals surface area contributed by atoms with Crippen LogP contribution in [0.4, 0.5) is 0 Å². The molecule has 0 aromatic heterocycles. The van der Waals surface area contributed by atoms with Gasteiger partial charge in [0.25, 0.3) is 0 Å². The summed E-state index contributed by atoms with van der Waals surface area (Å²) in [6, 6.07) is 0. The normalized spacial score (nSPS) is 14.8. The Bertz CT molecular complexity index is 320. The molecule has 0 radical (unpaired) electrons. The van der Waals surface area contributed by atoms with Gasteiger partial charge in [-0.3, -0.25) is 4.79 Å². The molecular formula is C21H42O5. The van der Waals surface area contributed by atoms with Gasteiger partial charge in [0.1, 0.15) is 6.10 Å². The molecule has 5 heteroatoms. The van der Waals surface area contributed by atoms with Crippen LogP contribution in [0.1, 0.15) is 110 Å². The molecule has 0 aliphatic rings. The van der Waals surface area contributed by atoms with Gasteiger partial charge in [0.15, 0.2) is 0 Å². The number of carbonyl (C=O) groups excluding carboxylic acids is 1. The molecule has 0 fully saturated rings. The minimum Gasteiger partial charge on any atom is -0.433 e. The Labute approximate surface area is 160 Å². The van der Waals surface area contributed by atoms with Crippen LogP contribution >= 0.6 is 0 Å². The van der Waals surface area contributed by atoms with Gasteiger partial charge in [-0.15, -0.1) is 0 Å². The lowest BCUT2D eigenvalue weighted by atomic mass is 10.0. The average Bonchev–Trinajstić information content (AvgIpc) is 2.60. The van der Waals surface area contributed by atoms with E-state index in [1.54, 1.807) is 0 Å². The molecule has 0 heterocycles. The highest BCUT2D eigenvalue weighted by atomic mass is 16.6. The van der Waals surface area contributed by atoms with Crippen LogP contribution in [-0.4, -0.2) is 39.8 Å². The third kappa shape index (κ3) is 16.8. The molecule has 0 aliphatic carbocycles. The molecular weight excluding hydrogens is 332 g/mol. The maximum Gasteiger partial charge on any atom is 0.308 e. The van der Waals surface area contributed by atoms with Gasteiger partial charge in [-0.2, -0.15) is 0 Å². The molecule has 26 heavy (non-hydrogen) atoms. The maximum absolute atomic E-state index is 11.4. The van der Waals surface area contributed by atoms with E-state index in [0.29, 0.717) is 6.42 Å². The fourth-order valence-corrected chi connectivity index (χ4v) is 2.95. The predicted molar refractivity (Wildman–Crippen MR) is 105 cm³/mol. The Morgan fingerprint density at radius 1 is 0.769 bits per heavy atom. The lowest BCUT2D eigenvalue weighted by Gasteiger charge is -2.14. The van der Waals surface area contributed by atoms with Crippen LogP contribution in [0.25, 0.3) is 0 Å². The van der Waals surface area contributed by atoms with Crippen molar-refractivity contribution >= 4 is 5.97 Å². The number of unbranched alkanes of at least 4 members (excludes halogenated alkanes) is 10. The molecule has 0 saturated carbocycles. The van der Waals surface area contributed by atoms with Crippen LogP contribution in [0.5, 0.6) is 0 Å². The van der Waals surface area contributed by atoms with Crippen LogP contribution in [0.3, 0.4) is 0 Å². The number of aliphatic hydroxyl groups is 3. The number of rotatable bonds is 18. The number of hydrogen-bond acceptors (Lipinski definition) is 5. The molecule has 5 nitrogen and oxygen atoms in total. The van der Waals surface area contributed by atoms with E-state index < -0.39 is 18.4 Å². The molecule has 3 atom stereocenters. The van der Waals surface area contributed by atoms with E-state index in [2.05, 4.69) is 11.7 Å². The molecule has 0 spiro atoms. The number of esters is 1. The van der Waals surface area contributed by atoms with Crippen LogP contribution < -0.4 is 0 Å². The second kappa shape index (κ2) is 17.7. The molecule has 3 N–H and O–H groups in total. The van der Waals surface area contributed by atoms with Gasteiger partial charge in [0.05, 0.1) is 6.10 Å². The van der Waals surface area contributed by atoms with Crippen molar-refractivity contribution in [1.29, 1.82) is 0 Å². The summed E-state index contributed by atoms with van der Waals surface area (Å²) < 4.78 is 4.69. The second-order valence-electron chi connectivity index (χ2n) is 7.49. The summed E-state index contributed by atoms with van der Waals surface area (Å²) in [6.07, 6.45) is 13.3. The van der Waals surface area contributed by atoms with E-state index in [0.717, 1.165) is 44.9 Å². The first-order chi connectivity index (χ1) is 12.5. The minimum absolute atomic E-state index is 0.112. The van der Waals surface area contributed by atoms with Gasteiger partial charge in [-0.25, -0.2) is 0 Å². The first-order valence-corrected chi connectivity index (χ1v) is 10.7. The lowest BCUT2D eigenvalue weighted by molar-refractivity contribution is -0.184. The zero-order valence-corrected chi connectivity index (χ0v) is 17.0. The van der Waals surface area contributed by atoms with Crippen LogP contribution in [-0.2, 0) is 9.53 Å². The van der Waals surface area contributed by atoms with E-state index in [-0.39, 0.29) is 6.10 Å². The summed E-state index contributed by atoms with van der Waals surface area (Å²) in [4.78, 5) is 11.4. The lowest BCUT2D eigenvalue weighted by Crippen LogP contribution is -2.28. The van der Waals surface area contributed by atoms with Crippen molar-refractivity contribution in [3.05, 3.63) is 0 Å². The fraction of sp³-hybridized carbons (Fsp3) is 0.952. The number of carbonyl (C=O) groups is 1. The zero-order chi connectivity index (χ0) is 19.6. The highest BCUT2D eigenvalue weighted by Crippen LogP contribution is 2.14. The molecule has 0 bridgehead atoms. The third-order valence-electron chi connectivity index (χ3n) is 4.72. The summed E-state index contributed by atoms with van der Waals surface area (Å²) in [5.41, 5.74) is 0. The summed E-state index contributed by atoms with van der Waals surface area (Å²) in [5.74, 6) is -0.452. The molecule has 0 amide bonds. The Balaban J connectivity index is 3.30. The predicted octanol–water partition coefficient (Wildman–Crippen LogP) is 4.46. The molecule has 156 valence electrons. The Morgan fingerprint density at radius 3 is 1.73 bits per heavy atom. The van der Waals surface area contributed by atoms with Crippen molar-refractivity contribution in [1.82, 2.24) is 0 Å². The molecule has 0 aliphatic heterocycles. The number of hydrogen-bond donors (Lipinski definition) is 3. The van der Waals surface area contributed by atoms with Crippen molar-refractivity contribution in [2.45, 2.75) is 129 Å². The summed E-state index contributed by atoms with van der Waals surface area (Å²) in [6.45, 7) is 3.58. The molecule has 0 rings (SSSR count). The second-order valence-corrected chi connectivity index (χ2v) is 7.49. The van der Waals surface area contributed by atoms with Gasteiger partial charge in [-0.1, -0.05) is 77.6 Å². The summed E-state index contributed by atoms with van der Waals surface area (Å²) >= 11 is 0.